The minimum Gasteiger partial charge on any atom is -0.313 e. The molecule has 0 unspecified atom stereocenters. The summed E-state index contributed by atoms with van der Waals surface area (Å²) in [6, 6.07) is 2.18. The van der Waals surface area contributed by atoms with Gasteiger partial charge in [0.15, 0.2) is 0 Å². The van der Waals surface area contributed by atoms with Crippen molar-refractivity contribution in [3.05, 3.63) is 22.4 Å². The zero-order chi connectivity index (χ0) is 10.9. The van der Waals surface area contributed by atoms with Gasteiger partial charge in [-0.25, -0.2) is 0 Å². The number of hydrogen-bond donors (Lipinski definition) is 1. The van der Waals surface area contributed by atoms with Crippen LogP contribution in [0, 0.1) is 0 Å². The summed E-state index contributed by atoms with van der Waals surface area (Å²) in [5, 5.41) is 7.81. The standard InChI is InChI=1S/C12H22N2S/c1-3-14(4-2)8-5-7-13-10-12-6-9-15-11-12/h6,9,11,13H,3-5,7-8,10H2,1-2H3. The van der Waals surface area contributed by atoms with Crippen LogP contribution in [0.1, 0.15) is 25.8 Å². The monoisotopic (exact) mass is 226 g/mol. The van der Waals surface area contributed by atoms with E-state index in [1.165, 1.54) is 31.6 Å². The summed E-state index contributed by atoms with van der Waals surface area (Å²) >= 11 is 1.77. The van der Waals surface area contributed by atoms with Crippen LogP contribution in [-0.2, 0) is 6.54 Å². The van der Waals surface area contributed by atoms with E-state index in [0.29, 0.717) is 0 Å². The van der Waals surface area contributed by atoms with Crippen molar-refractivity contribution in [1.82, 2.24) is 10.2 Å². The Morgan fingerprint density at radius 2 is 2.13 bits per heavy atom. The van der Waals surface area contributed by atoms with Crippen molar-refractivity contribution in [3.8, 4) is 0 Å². The number of nitrogens with zero attached hydrogens (tertiary/aromatic N) is 1. The molecule has 0 aromatic carbocycles. The molecule has 1 aromatic heterocycles. The van der Waals surface area contributed by atoms with Gasteiger partial charge in [-0.1, -0.05) is 13.8 Å². The van der Waals surface area contributed by atoms with Crippen molar-refractivity contribution < 1.29 is 0 Å². The van der Waals surface area contributed by atoms with Crippen LogP contribution < -0.4 is 5.32 Å². The molecule has 3 heteroatoms. The molecule has 0 fully saturated rings. The average molecular weight is 226 g/mol. The van der Waals surface area contributed by atoms with Crippen LogP contribution in [0.25, 0.3) is 0 Å². The molecule has 0 aliphatic rings. The van der Waals surface area contributed by atoms with Gasteiger partial charge < -0.3 is 10.2 Å². The van der Waals surface area contributed by atoms with Gasteiger partial charge in [0.05, 0.1) is 0 Å². The van der Waals surface area contributed by atoms with Crippen molar-refractivity contribution >= 4 is 11.3 Å². The maximum atomic E-state index is 3.47. The van der Waals surface area contributed by atoms with Crippen molar-refractivity contribution in [1.29, 1.82) is 0 Å². The molecule has 1 N–H and O–H groups in total. The summed E-state index contributed by atoms with van der Waals surface area (Å²) in [6.07, 6.45) is 1.24. The Morgan fingerprint density at radius 1 is 1.33 bits per heavy atom. The van der Waals surface area contributed by atoms with Gasteiger partial charge in [0.25, 0.3) is 0 Å². The molecule has 1 heterocycles. The van der Waals surface area contributed by atoms with Gasteiger partial charge in [0.2, 0.25) is 0 Å². The summed E-state index contributed by atoms with van der Waals surface area (Å²) < 4.78 is 0. The van der Waals surface area contributed by atoms with Crippen molar-refractivity contribution in [2.45, 2.75) is 26.8 Å². The fourth-order valence-corrected chi connectivity index (χ4v) is 2.26. The number of hydrogen-bond acceptors (Lipinski definition) is 3. The van der Waals surface area contributed by atoms with E-state index < -0.39 is 0 Å². The van der Waals surface area contributed by atoms with Gasteiger partial charge in [0, 0.05) is 6.54 Å². The third-order valence-corrected chi connectivity index (χ3v) is 3.36. The summed E-state index contributed by atoms with van der Waals surface area (Å²) in [5.41, 5.74) is 1.41. The summed E-state index contributed by atoms with van der Waals surface area (Å²) in [6.45, 7) is 10.1. The second-order valence-corrected chi connectivity index (χ2v) is 4.47. The molecule has 1 rings (SSSR count). The van der Waals surface area contributed by atoms with Crippen molar-refractivity contribution in [2.24, 2.45) is 0 Å². The van der Waals surface area contributed by atoms with Crippen molar-refractivity contribution in [2.75, 3.05) is 26.2 Å². The largest absolute Gasteiger partial charge is 0.313 e. The number of rotatable bonds is 8. The molecule has 0 amide bonds. The van der Waals surface area contributed by atoms with Crippen LogP contribution in [0.5, 0.6) is 0 Å². The maximum absolute atomic E-state index is 3.47. The van der Waals surface area contributed by atoms with E-state index in [1.54, 1.807) is 11.3 Å². The molecule has 0 saturated carbocycles. The fraction of sp³-hybridized carbons (Fsp3) is 0.667. The van der Waals surface area contributed by atoms with Crippen LogP contribution in [-0.4, -0.2) is 31.1 Å². The van der Waals surface area contributed by atoms with E-state index in [0.717, 1.165) is 13.1 Å². The summed E-state index contributed by atoms with van der Waals surface area (Å²) in [5.74, 6) is 0. The first-order valence-electron chi connectivity index (χ1n) is 5.81. The molecular formula is C12H22N2S. The highest BCUT2D eigenvalue weighted by atomic mass is 32.1. The van der Waals surface area contributed by atoms with Crippen LogP contribution >= 0.6 is 11.3 Å². The van der Waals surface area contributed by atoms with Gasteiger partial charge in [-0.15, -0.1) is 0 Å². The first-order chi connectivity index (χ1) is 7.36. The maximum Gasteiger partial charge on any atom is 0.0213 e. The molecule has 1 aromatic rings. The van der Waals surface area contributed by atoms with E-state index in [4.69, 9.17) is 0 Å². The Balaban J connectivity index is 1.97. The predicted octanol–water partition coefficient (Wildman–Crippen LogP) is 2.57. The smallest absolute Gasteiger partial charge is 0.0213 e. The van der Waals surface area contributed by atoms with Crippen LogP contribution in [0.3, 0.4) is 0 Å². The Labute approximate surface area is 97.3 Å². The second kappa shape index (κ2) is 7.85. The first kappa shape index (κ1) is 12.7. The van der Waals surface area contributed by atoms with Gasteiger partial charge in [0.1, 0.15) is 0 Å². The first-order valence-corrected chi connectivity index (χ1v) is 6.75. The van der Waals surface area contributed by atoms with Crippen molar-refractivity contribution in [3.63, 3.8) is 0 Å². The zero-order valence-corrected chi connectivity index (χ0v) is 10.6. The highest BCUT2D eigenvalue weighted by Gasteiger charge is 1.97. The Morgan fingerprint density at radius 3 is 2.73 bits per heavy atom. The Bertz CT molecular complexity index is 230. The van der Waals surface area contributed by atoms with Gasteiger partial charge in [-0.3, -0.25) is 0 Å². The minimum atomic E-state index is 1.02. The highest BCUT2D eigenvalue weighted by Crippen LogP contribution is 2.04. The van der Waals surface area contributed by atoms with E-state index in [9.17, 15) is 0 Å². The van der Waals surface area contributed by atoms with Crippen LogP contribution in [0.4, 0.5) is 0 Å². The lowest BCUT2D eigenvalue weighted by molar-refractivity contribution is 0.298. The van der Waals surface area contributed by atoms with Gasteiger partial charge in [-0.05, 0) is 55.0 Å². The minimum absolute atomic E-state index is 1.02. The normalized spacial score (nSPS) is 11.1. The third-order valence-electron chi connectivity index (χ3n) is 2.63. The topological polar surface area (TPSA) is 15.3 Å². The van der Waals surface area contributed by atoms with E-state index in [2.05, 4.69) is 40.9 Å². The SMILES string of the molecule is CCN(CC)CCCNCc1ccsc1. The molecule has 0 bridgehead atoms. The Hall–Kier alpha value is -0.380. The molecule has 0 atom stereocenters. The zero-order valence-electron chi connectivity index (χ0n) is 9.83. The van der Waals surface area contributed by atoms with E-state index >= 15 is 0 Å². The highest BCUT2D eigenvalue weighted by molar-refractivity contribution is 7.07. The van der Waals surface area contributed by atoms with Gasteiger partial charge >= 0.3 is 0 Å². The van der Waals surface area contributed by atoms with Gasteiger partial charge in [-0.2, -0.15) is 11.3 Å². The number of thiophene rings is 1. The third kappa shape index (κ3) is 5.30. The molecule has 86 valence electrons. The lowest BCUT2D eigenvalue weighted by Crippen LogP contribution is -2.27. The molecular weight excluding hydrogens is 204 g/mol. The molecule has 2 nitrogen and oxygen atoms in total. The predicted molar refractivity (Wildman–Crippen MR) is 68.4 cm³/mol. The molecule has 0 spiro atoms. The fourth-order valence-electron chi connectivity index (χ4n) is 1.59. The molecule has 0 radical (unpaired) electrons. The number of nitrogens with one attached hydrogen (secondary N) is 1. The second-order valence-electron chi connectivity index (χ2n) is 3.69. The lowest BCUT2D eigenvalue weighted by atomic mass is 10.3. The summed E-state index contributed by atoms with van der Waals surface area (Å²) in [7, 11) is 0. The quantitative estimate of drug-likeness (QED) is 0.685. The van der Waals surface area contributed by atoms with E-state index in [-0.39, 0.29) is 0 Å². The van der Waals surface area contributed by atoms with Crippen LogP contribution in [0.2, 0.25) is 0 Å². The van der Waals surface area contributed by atoms with E-state index in [1.807, 2.05) is 0 Å². The molecule has 15 heavy (non-hydrogen) atoms. The Kier molecular flexibility index (Phi) is 6.64. The molecule has 0 saturated heterocycles. The van der Waals surface area contributed by atoms with Crippen LogP contribution in [0.15, 0.2) is 16.8 Å². The summed E-state index contributed by atoms with van der Waals surface area (Å²) in [4.78, 5) is 2.46. The molecule has 0 aliphatic carbocycles. The lowest BCUT2D eigenvalue weighted by Gasteiger charge is -2.17. The average Bonchev–Trinajstić information content (AvgIpc) is 2.76. The molecule has 0 aliphatic heterocycles.